The van der Waals surface area contributed by atoms with Crippen LogP contribution in [-0.4, -0.2) is 20.0 Å². The van der Waals surface area contributed by atoms with Gasteiger partial charge in [-0.25, -0.2) is 9.67 Å². The van der Waals surface area contributed by atoms with E-state index in [0.29, 0.717) is 17.4 Å². The summed E-state index contributed by atoms with van der Waals surface area (Å²) in [6.07, 6.45) is 0. The molecular formula is C15H10N4OS2. The lowest BCUT2D eigenvalue weighted by Crippen LogP contribution is -2.24. The largest absolute Gasteiger partial charge is 0.277 e. The molecule has 0 unspecified atom stereocenters. The van der Waals surface area contributed by atoms with E-state index in [1.165, 1.54) is 4.68 Å². The molecule has 0 fully saturated rings. The predicted molar refractivity (Wildman–Crippen MR) is 88.3 cm³/mol. The first-order valence-corrected chi connectivity index (χ1v) is 8.38. The lowest BCUT2D eigenvalue weighted by molar-refractivity contribution is 0.594. The highest BCUT2D eigenvalue weighted by Crippen LogP contribution is 2.27. The molecule has 3 aromatic heterocycles. The molecule has 0 bridgehead atoms. The zero-order valence-corrected chi connectivity index (χ0v) is 13.0. The van der Waals surface area contributed by atoms with Gasteiger partial charge in [0.15, 0.2) is 0 Å². The third-order valence-corrected chi connectivity index (χ3v) is 5.15. The van der Waals surface area contributed by atoms with Crippen molar-refractivity contribution in [3.8, 4) is 9.88 Å². The van der Waals surface area contributed by atoms with Crippen LogP contribution in [0, 0.1) is 0 Å². The molecule has 108 valence electrons. The Morgan fingerprint density at radius 2 is 2.00 bits per heavy atom. The molecule has 0 aliphatic heterocycles. The van der Waals surface area contributed by atoms with Gasteiger partial charge in [0.25, 0.3) is 5.56 Å². The summed E-state index contributed by atoms with van der Waals surface area (Å²) < 4.78 is 1.36. The van der Waals surface area contributed by atoms with Crippen LogP contribution < -0.4 is 5.56 Å². The summed E-state index contributed by atoms with van der Waals surface area (Å²) in [5, 5.41) is 13.6. The lowest BCUT2D eigenvalue weighted by Gasteiger charge is -2.02. The fourth-order valence-electron chi connectivity index (χ4n) is 2.17. The Balaban J connectivity index is 1.69. The van der Waals surface area contributed by atoms with Crippen molar-refractivity contribution >= 4 is 33.6 Å². The fraction of sp³-hybridized carbons (Fsp3) is 0.0667. The number of thiophene rings is 1. The Morgan fingerprint density at radius 3 is 2.86 bits per heavy atom. The summed E-state index contributed by atoms with van der Waals surface area (Å²) >= 11 is 3.22. The first-order valence-electron chi connectivity index (χ1n) is 6.62. The zero-order chi connectivity index (χ0) is 14.9. The maximum Gasteiger partial charge on any atom is 0.277 e. The molecule has 0 saturated carbocycles. The second kappa shape index (κ2) is 5.43. The summed E-state index contributed by atoms with van der Waals surface area (Å²) in [5.74, 6) is 0. The molecule has 22 heavy (non-hydrogen) atoms. The summed E-state index contributed by atoms with van der Waals surface area (Å²) in [6.45, 7) is 0.332. The van der Waals surface area contributed by atoms with Crippen molar-refractivity contribution in [2.75, 3.05) is 0 Å². The molecule has 0 amide bonds. The SMILES string of the molecule is O=c1c2ccccc2nnn1Cc1csc(-c2cccs2)n1. The molecule has 3 heterocycles. The molecule has 0 radical (unpaired) electrons. The molecule has 7 heteroatoms. The second-order valence-electron chi connectivity index (χ2n) is 4.69. The van der Waals surface area contributed by atoms with Crippen LogP contribution in [-0.2, 0) is 6.54 Å². The highest BCUT2D eigenvalue weighted by molar-refractivity contribution is 7.20. The maximum atomic E-state index is 12.4. The Labute approximate surface area is 133 Å². The van der Waals surface area contributed by atoms with E-state index in [2.05, 4.69) is 15.3 Å². The number of hydrogen-bond donors (Lipinski definition) is 0. The minimum Gasteiger partial charge on any atom is -0.267 e. The molecule has 0 N–H and O–H groups in total. The van der Waals surface area contributed by atoms with Crippen molar-refractivity contribution in [2.45, 2.75) is 6.54 Å². The number of aromatic nitrogens is 4. The normalized spacial score (nSPS) is 11.1. The van der Waals surface area contributed by atoms with Gasteiger partial charge in [-0.2, -0.15) is 0 Å². The third kappa shape index (κ3) is 2.34. The van der Waals surface area contributed by atoms with Crippen molar-refractivity contribution in [2.24, 2.45) is 0 Å². The average Bonchev–Trinajstić information content (AvgIpc) is 3.21. The number of fused-ring (bicyclic) bond motifs is 1. The van der Waals surface area contributed by atoms with Gasteiger partial charge in [-0.1, -0.05) is 23.4 Å². The van der Waals surface area contributed by atoms with E-state index in [9.17, 15) is 4.79 Å². The van der Waals surface area contributed by atoms with Crippen LogP contribution >= 0.6 is 22.7 Å². The number of benzene rings is 1. The van der Waals surface area contributed by atoms with Crippen molar-refractivity contribution in [1.82, 2.24) is 20.0 Å². The third-order valence-electron chi connectivity index (χ3n) is 3.22. The van der Waals surface area contributed by atoms with Gasteiger partial charge in [-0.15, -0.1) is 27.8 Å². The van der Waals surface area contributed by atoms with Gasteiger partial charge >= 0.3 is 0 Å². The first kappa shape index (κ1) is 13.3. The van der Waals surface area contributed by atoms with Gasteiger partial charge in [0.1, 0.15) is 10.5 Å². The van der Waals surface area contributed by atoms with Gasteiger partial charge < -0.3 is 0 Å². The second-order valence-corrected chi connectivity index (χ2v) is 6.50. The van der Waals surface area contributed by atoms with E-state index in [0.717, 1.165) is 15.6 Å². The van der Waals surface area contributed by atoms with E-state index in [4.69, 9.17) is 0 Å². The molecule has 4 aromatic rings. The van der Waals surface area contributed by atoms with Crippen LogP contribution in [0.1, 0.15) is 5.69 Å². The molecule has 0 aliphatic rings. The van der Waals surface area contributed by atoms with Crippen molar-refractivity contribution < 1.29 is 0 Å². The van der Waals surface area contributed by atoms with Crippen molar-refractivity contribution in [3.05, 3.63) is 63.2 Å². The summed E-state index contributed by atoms with van der Waals surface area (Å²) in [5.41, 5.74) is 1.29. The molecule has 0 saturated heterocycles. The quantitative estimate of drug-likeness (QED) is 0.580. The number of rotatable bonds is 3. The average molecular weight is 326 g/mol. The van der Waals surface area contributed by atoms with Crippen molar-refractivity contribution in [1.29, 1.82) is 0 Å². The van der Waals surface area contributed by atoms with Crippen molar-refractivity contribution in [3.63, 3.8) is 0 Å². The Morgan fingerprint density at radius 1 is 1.09 bits per heavy atom. The molecule has 0 spiro atoms. The van der Waals surface area contributed by atoms with Gasteiger partial charge in [-0.3, -0.25) is 4.79 Å². The number of thiazole rings is 1. The summed E-state index contributed by atoms with van der Waals surface area (Å²) in [7, 11) is 0. The number of nitrogens with zero attached hydrogens (tertiary/aromatic N) is 4. The van der Waals surface area contributed by atoms with Gasteiger partial charge in [0.05, 0.1) is 22.5 Å². The van der Waals surface area contributed by atoms with Crippen LogP contribution in [0.2, 0.25) is 0 Å². The molecule has 4 rings (SSSR count). The van der Waals surface area contributed by atoms with E-state index >= 15 is 0 Å². The fourth-order valence-corrected chi connectivity index (χ4v) is 3.80. The van der Waals surface area contributed by atoms with Gasteiger partial charge in [0.2, 0.25) is 0 Å². The maximum absolute atomic E-state index is 12.4. The molecule has 1 aromatic carbocycles. The summed E-state index contributed by atoms with van der Waals surface area (Å²) in [6, 6.07) is 11.3. The minimum atomic E-state index is -0.142. The highest BCUT2D eigenvalue weighted by Gasteiger charge is 2.09. The van der Waals surface area contributed by atoms with E-state index in [1.54, 1.807) is 34.8 Å². The van der Waals surface area contributed by atoms with Crippen LogP contribution in [0.4, 0.5) is 0 Å². The lowest BCUT2D eigenvalue weighted by atomic mass is 10.2. The predicted octanol–water partition coefficient (Wildman–Crippen LogP) is 3.02. The van der Waals surface area contributed by atoms with E-state index < -0.39 is 0 Å². The standard InChI is InChI=1S/C15H10N4OS2/c20-15-11-4-1-2-5-12(11)17-18-19(15)8-10-9-22-14(16-10)13-6-3-7-21-13/h1-7,9H,8H2. The topological polar surface area (TPSA) is 60.7 Å². The molecule has 0 aliphatic carbocycles. The van der Waals surface area contributed by atoms with Gasteiger partial charge in [0, 0.05) is 5.38 Å². The smallest absolute Gasteiger partial charge is 0.267 e. The number of hydrogen-bond acceptors (Lipinski definition) is 6. The minimum absolute atomic E-state index is 0.142. The van der Waals surface area contributed by atoms with Gasteiger partial charge in [-0.05, 0) is 23.6 Å². The zero-order valence-electron chi connectivity index (χ0n) is 11.3. The Bertz CT molecular complexity index is 988. The molecule has 0 atom stereocenters. The van der Waals surface area contributed by atoms with Crippen LogP contribution in [0.3, 0.4) is 0 Å². The van der Waals surface area contributed by atoms with Crippen LogP contribution in [0.15, 0.2) is 52.0 Å². The Kier molecular flexibility index (Phi) is 3.28. The van der Waals surface area contributed by atoms with E-state index in [-0.39, 0.29) is 5.56 Å². The van der Waals surface area contributed by atoms with Crippen LogP contribution in [0.25, 0.3) is 20.8 Å². The van der Waals surface area contributed by atoms with Crippen LogP contribution in [0.5, 0.6) is 0 Å². The van der Waals surface area contributed by atoms with E-state index in [1.807, 2.05) is 35.0 Å². The highest BCUT2D eigenvalue weighted by atomic mass is 32.1. The summed E-state index contributed by atoms with van der Waals surface area (Å²) in [4.78, 5) is 18.1. The molecule has 5 nitrogen and oxygen atoms in total. The Hall–Kier alpha value is -2.38. The molecular weight excluding hydrogens is 316 g/mol. The first-order chi connectivity index (χ1) is 10.8. The monoisotopic (exact) mass is 326 g/mol.